The van der Waals surface area contributed by atoms with Gasteiger partial charge in [-0.25, -0.2) is 0 Å². The quantitative estimate of drug-likeness (QED) is 0.809. The minimum atomic E-state index is -0.786. The van der Waals surface area contributed by atoms with Crippen LogP contribution in [0.3, 0.4) is 0 Å². The van der Waals surface area contributed by atoms with E-state index in [0.29, 0.717) is 0 Å². The molecule has 1 aromatic carbocycles. The van der Waals surface area contributed by atoms with E-state index in [4.69, 9.17) is 14.6 Å². The van der Waals surface area contributed by atoms with Crippen LogP contribution in [0.5, 0.6) is 0 Å². The summed E-state index contributed by atoms with van der Waals surface area (Å²) in [5.41, 5.74) is 0.817. The van der Waals surface area contributed by atoms with Crippen molar-refractivity contribution in [2.45, 2.75) is 31.0 Å². The largest absolute Gasteiger partial charge is 0.396 e. The Balaban J connectivity index is 1.81. The van der Waals surface area contributed by atoms with E-state index in [1.165, 1.54) is 0 Å². The predicted molar refractivity (Wildman–Crippen MR) is 65.1 cm³/mol. The van der Waals surface area contributed by atoms with Gasteiger partial charge in [0.1, 0.15) is 12.2 Å². The average Bonchev–Trinajstić information content (AvgIpc) is 2.90. The van der Waals surface area contributed by atoms with Gasteiger partial charge in [0.15, 0.2) is 12.1 Å². The third-order valence-electron chi connectivity index (χ3n) is 3.73. The zero-order valence-electron chi connectivity index (χ0n) is 10.3. The number of ketones is 1. The number of aliphatic hydroxyl groups is 2. The molecule has 19 heavy (non-hydrogen) atoms. The van der Waals surface area contributed by atoms with E-state index in [2.05, 4.69) is 0 Å². The predicted octanol–water partition coefficient (Wildman–Crippen LogP) is 0.411. The molecule has 102 valence electrons. The van der Waals surface area contributed by atoms with Crippen LogP contribution in [0.4, 0.5) is 0 Å². The van der Waals surface area contributed by atoms with E-state index >= 15 is 0 Å². The highest BCUT2D eigenvalue weighted by Gasteiger charge is 2.51. The highest BCUT2D eigenvalue weighted by Crippen LogP contribution is 2.38. The zero-order chi connectivity index (χ0) is 13.4. The molecule has 0 bridgehead atoms. The third kappa shape index (κ3) is 2.19. The van der Waals surface area contributed by atoms with Crippen molar-refractivity contribution in [2.75, 3.05) is 6.61 Å². The van der Waals surface area contributed by atoms with E-state index in [1.807, 2.05) is 30.3 Å². The zero-order valence-corrected chi connectivity index (χ0v) is 10.3. The van der Waals surface area contributed by atoms with Gasteiger partial charge in [-0.05, 0) is 6.42 Å². The molecule has 0 radical (unpaired) electrons. The molecular weight excluding hydrogens is 248 g/mol. The fraction of sp³-hybridized carbons (Fsp3) is 0.500. The maximum absolute atomic E-state index is 12.1. The molecule has 1 aliphatic carbocycles. The second-order valence-corrected chi connectivity index (χ2v) is 4.98. The first kappa shape index (κ1) is 12.7. The van der Waals surface area contributed by atoms with Crippen molar-refractivity contribution >= 4 is 5.78 Å². The summed E-state index contributed by atoms with van der Waals surface area (Å²) in [6.45, 7) is -0.265. The van der Waals surface area contributed by atoms with Crippen molar-refractivity contribution in [2.24, 2.45) is 5.92 Å². The Hall–Kier alpha value is -1.27. The van der Waals surface area contributed by atoms with E-state index < -0.39 is 30.5 Å². The van der Waals surface area contributed by atoms with Gasteiger partial charge in [-0.1, -0.05) is 30.3 Å². The Kier molecular flexibility index (Phi) is 3.36. The molecule has 1 saturated heterocycles. The standard InChI is InChI=1S/C14H16O5/c15-7-9-6-10(16)12-13(11(9)17)19-14(18-12)8-4-2-1-3-5-8/h1-5,9-10,12-16H,6-7H2/t9-,10+,12+,13-,14?/m0/s1. The van der Waals surface area contributed by atoms with Crippen LogP contribution in [0.1, 0.15) is 18.3 Å². The van der Waals surface area contributed by atoms with Crippen LogP contribution < -0.4 is 0 Å². The molecule has 1 aliphatic heterocycles. The molecule has 5 nitrogen and oxygen atoms in total. The molecule has 1 aromatic rings. The van der Waals surface area contributed by atoms with Crippen LogP contribution in [0.2, 0.25) is 0 Å². The average molecular weight is 264 g/mol. The fourth-order valence-corrected chi connectivity index (χ4v) is 2.68. The highest BCUT2D eigenvalue weighted by atomic mass is 16.7. The lowest BCUT2D eigenvalue weighted by Crippen LogP contribution is -2.50. The number of aliphatic hydroxyl groups excluding tert-OH is 2. The molecule has 0 amide bonds. The van der Waals surface area contributed by atoms with Crippen molar-refractivity contribution in [1.29, 1.82) is 0 Å². The smallest absolute Gasteiger partial charge is 0.185 e. The lowest BCUT2D eigenvalue weighted by molar-refractivity contribution is -0.143. The van der Waals surface area contributed by atoms with Gasteiger partial charge >= 0.3 is 0 Å². The van der Waals surface area contributed by atoms with Crippen LogP contribution in [0, 0.1) is 5.92 Å². The first-order chi connectivity index (χ1) is 9.20. The maximum Gasteiger partial charge on any atom is 0.185 e. The minimum Gasteiger partial charge on any atom is -0.396 e. The molecule has 1 unspecified atom stereocenters. The number of fused-ring (bicyclic) bond motifs is 1. The fourth-order valence-electron chi connectivity index (χ4n) is 2.68. The Morgan fingerprint density at radius 3 is 2.63 bits per heavy atom. The van der Waals surface area contributed by atoms with E-state index in [1.54, 1.807) is 0 Å². The van der Waals surface area contributed by atoms with Crippen LogP contribution in [-0.4, -0.2) is 40.9 Å². The first-order valence-corrected chi connectivity index (χ1v) is 6.39. The number of hydrogen-bond donors (Lipinski definition) is 2. The molecule has 1 saturated carbocycles. The molecule has 1 heterocycles. The van der Waals surface area contributed by atoms with Crippen LogP contribution >= 0.6 is 0 Å². The topological polar surface area (TPSA) is 76.0 Å². The minimum absolute atomic E-state index is 0.184. The molecular formula is C14H16O5. The number of hydrogen-bond acceptors (Lipinski definition) is 5. The van der Waals surface area contributed by atoms with Gasteiger partial charge in [0.2, 0.25) is 0 Å². The van der Waals surface area contributed by atoms with E-state index in [9.17, 15) is 9.90 Å². The van der Waals surface area contributed by atoms with Crippen molar-refractivity contribution in [3.63, 3.8) is 0 Å². The number of ether oxygens (including phenoxy) is 2. The van der Waals surface area contributed by atoms with Gasteiger partial charge in [0, 0.05) is 11.5 Å². The molecule has 2 fully saturated rings. The molecule has 5 atom stereocenters. The maximum atomic E-state index is 12.1. The summed E-state index contributed by atoms with van der Waals surface area (Å²) in [6.07, 6.45) is -2.62. The van der Waals surface area contributed by atoms with Gasteiger partial charge in [0.05, 0.1) is 12.7 Å². The van der Waals surface area contributed by atoms with Gasteiger partial charge in [0.25, 0.3) is 0 Å². The summed E-state index contributed by atoms with van der Waals surface area (Å²) in [7, 11) is 0. The van der Waals surface area contributed by atoms with Gasteiger partial charge in [-0.15, -0.1) is 0 Å². The van der Waals surface area contributed by atoms with Crippen LogP contribution in [0.25, 0.3) is 0 Å². The van der Waals surface area contributed by atoms with Crippen molar-refractivity contribution in [1.82, 2.24) is 0 Å². The number of benzene rings is 1. The van der Waals surface area contributed by atoms with E-state index in [-0.39, 0.29) is 18.8 Å². The second-order valence-electron chi connectivity index (χ2n) is 4.98. The van der Waals surface area contributed by atoms with Gasteiger partial charge in [-0.2, -0.15) is 0 Å². The SMILES string of the molecule is O=C1[C@H](CO)C[C@@H](O)[C@H]2OC(c3ccccc3)O[C@@H]12. The Bertz CT molecular complexity index is 460. The lowest BCUT2D eigenvalue weighted by atomic mass is 9.83. The van der Waals surface area contributed by atoms with Crippen molar-refractivity contribution in [3.8, 4) is 0 Å². The lowest BCUT2D eigenvalue weighted by Gasteiger charge is -2.31. The molecule has 5 heteroatoms. The van der Waals surface area contributed by atoms with Crippen LogP contribution in [0.15, 0.2) is 30.3 Å². The summed E-state index contributed by atoms with van der Waals surface area (Å²) >= 11 is 0. The summed E-state index contributed by atoms with van der Waals surface area (Å²) in [6, 6.07) is 9.30. The monoisotopic (exact) mass is 264 g/mol. The molecule has 2 N–H and O–H groups in total. The Morgan fingerprint density at radius 2 is 1.95 bits per heavy atom. The third-order valence-corrected chi connectivity index (χ3v) is 3.73. The van der Waals surface area contributed by atoms with E-state index in [0.717, 1.165) is 5.56 Å². The normalized spacial score (nSPS) is 38.2. The van der Waals surface area contributed by atoms with Gasteiger partial charge in [-0.3, -0.25) is 4.79 Å². The number of rotatable bonds is 2. The first-order valence-electron chi connectivity index (χ1n) is 6.39. The number of carbonyl (C=O) groups excluding carboxylic acids is 1. The molecule has 0 spiro atoms. The van der Waals surface area contributed by atoms with Crippen molar-refractivity contribution in [3.05, 3.63) is 35.9 Å². The molecule has 0 aromatic heterocycles. The summed E-state index contributed by atoms with van der Waals surface area (Å²) < 4.78 is 11.3. The molecule has 3 rings (SSSR count). The highest BCUT2D eigenvalue weighted by molar-refractivity contribution is 5.87. The van der Waals surface area contributed by atoms with Crippen molar-refractivity contribution < 1.29 is 24.5 Å². The van der Waals surface area contributed by atoms with Gasteiger partial charge < -0.3 is 19.7 Å². The summed E-state index contributed by atoms with van der Waals surface area (Å²) in [5.74, 6) is -0.745. The Morgan fingerprint density at radius 1 is 1.21 bits per heavy atom. The van der Waals surface area contributed by atoms with Crippen LogP contribution in [-0.2, 0) is 14.3 Å². The second kappa shape index (κ2) is 5.02. The summed E-state index contributed by atoms with van der Waals surface area (Å²) in [4.78, 5) is 12.1. The molecule has 2 aliphatic rings. The number of carbonyl (C=O) groups is 1. The summed E-state index contributed by atoms with van der Waals surface area (Å²) in [5, 5.41) is 19.1. The Labute approximate surface area is 110 Å². The number of Topliss-reactive ketones (excluding diaryl/α,β-unsaturated/α-hetero) is 1.